The second kappa shape index (κ2) is 7.73. The Hall–Kier alpha value is -2.62. The zero-order valence-electron chi connectivity index (χ0n) is 15.6. The molecule has 0 aromatic heterocycles. The molecule has 0 bridgehead atoms. The second-order valence-electron chi connectivity index (χ2n) is 7.10. The third kappa shape index (κ3) is 4.13. The van der Waals surface area contributed by atoms with Gasteiger partial charge in [-0.1, -0.05) is 55.0 Å². The first kappa shape index (κ1) is 18.2. The minimum absolute atomic E-state index is 0.0359. The molecule has 1 aliphatic rings. The van der Waals surface area contributed by atoms with E-state index in [1.54, 1.807) is 0 Å². The highest BCUT2D eigenvalue weighted by molar-refractivity contribution is 6.00. The first-order chi connectivity index (χ1) is 12.5. The van der Waals surface area contributed by atoms with Crippen LogP contribution in [0, 0.1) is 25.7 Å². The van der Waals surface area contributed by atoms with Crippen molar-refractivity contribution < 1.29 is 9.59 Å². The van der Waals surface area contributed by atoms with Crippen molar-refractivity contribution in [3.63, 3.8) is 0 Å². The molecule has 2 unspecified atom stereocenters. The van der Waals surface area contributed by atoms with E-state index in [0.717, 1.165) is 28.8 Å². The van der Waals surface area contributed by atoms with Crippen molar-refractivity contribution >= 4 is 17.5 Å². The maximum atomic E-state index is 12.5. The van der Waals surface area contributed by atoms with E-state index in [4.69, 9.17) is 0 Å². The van der Waals surface area contributed by atoms with Crippen molar-refractivity contribution in [2.45, 2.75) is 40.2 Å². The molecule has 26 heavy (non-hydrogen) atoms. The lowest BCUT2D eigenvalue weighted by Crippen LogP contribution is -2.27. The van der Waals surface area contributed by atoms with Crippen LogP contribution in [0.5, 0.6) is 0 Å². The number of carbonyl (C=O) groups is 2. The molecule has 3 rings (SSSR count). The second-order valence-corrected chi connectivity index (χ2v) is 7.10. The number of hydrogen-bond donors (Lipinski definition) is 2. The molecule has 2 aromatic carbocycles. The minimum Gasteiger partial charge on any atom is -0.352 e. The van der Waals surface area contributed by atoms with Gasteiger partial charge in [-0.15, -0.1) is 0 Å². The smallest absolute Gasteiger partial charge is 0.228 e. The van der Waals surface area contributed by atoms with Crippen LogP contribution >= 0.6 is 0 Å². The monoisotopic (exact) mass is 350 g/mol. The average Bonchev–Trinajstić information content (AvgIpc) is 3.43. The quantitative estimate of drug-likeness (QED) is 0.833. The summed E-state index contributed by atoms with van der Waals surface area (Å²) < 4.78 is 0. The lowest BCUT2D eigenvalue weighted by molar-refractivity contribution is -0.125. The third-order valence-electron chi connectivity index (χ3n) is 5.04. The molecule has 2 N–H and O–H groups in total. The Morgan fingerprint density at radius 3 is 2.38 bits per heavy atom. The molecular weight excluding hydrogens is 324 g/mol. The minimum atomic E-state index is -0.225. The first-order valence-electron chi connectivity index (χ1n) is 9.22. The molecule has 1 fully saturated rings. The number of carbonyl (C=O) groups excluding carboxylic acids is 2. The lowest BCUT2D eigenvalue weighted by Gasteiger charge is -2.13. The van der Waals surface area contributed by atoms with E-state index in [-0.39, 0.29) is 23.7 Å². The highest BCUT2D eigenvalue weighted by Crippen LogP contribution is 2.40. The largest absolute Gasteiger partial charge is 0.352 e. The molecule has 0 aliphatic heterocycles. The molecule has 4 heteroatoms. The Balaban J connectivity index is 1.54. The van der Waals surface area contributed by atoms with Gasteiger partial charge >= 0.3 is 0 Å². The zero-order valence-corrected chi connectivity index (χ0v) is 15.6. The fraction of sp³-hybridized carbons (Fsp3) is 0.364. The fourth-order valence-corrected chi connectivity index (χ4v) is 3.22. The van der Waals surface area contributed by atoms with Crippen molar-refractivity contribution in [3.05, 3.63) is 64.7 Å². The Labute approximate surface area is 155 Å². The number of anilines is 1. The van der Waals surface area contributed by atoms with Crippen molar-refractivity contribution in [1.82, 2.24) is 5.32 Å². The molecule has 0 heterocycles. The van der Waals surface area contributed by atoms with Gasteiger partial charge in [0.2, 0.25) is 11.8 Å². The molecular formula is C22H26N2O2. The number of rotatable bonds is 6. The van der Waals surface area contributed by atoms with Gasteiger partial charge in [0.05, 0.1) is 11.8 Å². The molecule has 0 saturated heterocycles. The van der Waals surface area contributed by atoms with E-state index >= 15 is 0 Å². The Morgan fingerprint density at radius 1 is 1.00 bits per heavy atom. The van der Waals surface area contributed by atoms with Crippen molar-refractivity contribution in [2.75, 3.05) is 5.32 Å². The lowest BCUT2D eigenvalue weighted by atomic mass is 10.1. The number of para-hydroxylation sites is 1. The summed E-state index contributed by atoms with van der Waals surface area (Å²) >= 11 is 0. The summed E-state index contributed by atoms with van der Waals surface area (Å²) in [5.41, 5.74) is 5.34. The SMILES string of the molecule is CCc1cccc(C)c1NC(=O)C1CC1C(=O)NCc1ccc(C)cc1. The molecule has 0 spiro atoms. The predicted molar refractivity (Wildman–Crippen MR) is 104 cm³/mol. The highest BCUT2D eigenvalue weighted by atomic mass is 16.2. The van der Waals surface area contributed by atoms with Crippen LogP contribution < -0.4 is 10.6 Å². The summed E-state index contributed by atoms with van der Waals surface area (Å²) in [5.74, 6) is -0.525. The zero-order chi connectivity index (χ0) is 18.7. The molecule has 1 aliphatic carbocycles. The van der Waals surface area contributed by atoms with E-state index < -0.39 is 0 Å². The van der Waals surface area contributed by atoms with Crippen LogP contribution in [0.4, 0.5) is 5.69 Å². The van der Waals surface area contributed by atoms with Crippen LogP contribution in [0.15, 0.2) is 42.5 Å². The summed E-state index contributed by atoms with van der Waals surface area (Å²) in [6, 6.07) is 14.1. The fourth-order valence-electron chi connectivity index (χ4n) is 3.22. The maximum absolute atomic E-state index is 12.5. The van der Waals surface area contributed by atoms with Crippen LogP contribution in [0.3, 0.4) is 0 Å². The summed E-state index contributed by atoms with van der Waals surface area (Å²) in [6.07, 6.45) is 1.49. The molecule has 2 amide bonds. The van der Waals surface area contributed by atoms with E-state index in [1.807, 2.05) is 56.3 Å². The molecule has 0 radical (unpaired) electrons. The average molecular weight is 350 g/mol. The van der Waals surface area contributed by atoms with Gasteiger partial charge in [0.15, 0.2) is 0 Å². The normalized spacial score (nSPS) is 18.3. The maximum Gasteiger partial charge on any atom is 0.228 e. The summed E-state index contributed by atoms with van der Waals surface area (Å²) in [4.78, 5) is 24.8. The van der Waals surface area contributed by atoms with Crippen LogP contribution in [0.1, 0.15) is 35.6 Å². The standard InChI is InChI=1S/C22H26N2O2/c1-4-17-7-5-6-15(3)20(17)24-22(26)19-12-18(19)21(25)23-13-16-10-8-14(2)9-11-16/h5-11,18-19H,4,12-13H2,1-3H3,(H,23,25)(H,24,26). The van der Waals surface area contributed by atoms with Crippen LogP contribution in [-0.2, 0) is 22.6 Å². The van der Waals surface area contributed by atoms with Crippen LogP contribution in [-0.4, -0.2) is 11.8 Å². The Bertz CT molecular complexity index is 811. The van der Waals surface area contributed by atoms with Gasteiger partial charge < -0.3 is 10.6 Å². The topological polar surface area (TPSA) is 58.2 Å². The van der Waals surface area contributed by atoms with Crippen molar-refractivity contribution in [1.29, 1.82) is 0 Å². The Morgan fingerprint density at radius 2 is 1.69 bits per heavy atom. The number of amides is 2. The van der Waals surface area contributed by atoms with E-state index in [0.29, 0.717) is 13.0 Å². The van der Waals surface area contributed by atoms with E-state index in [2.05, 4.69) is 17.6 Å². The van der Waals surface area contributed by atoms with Gasteiger partial charge in [-0.2, -0.15) is 0 Å². The molecule has 2 atom stereocenters. The van der Waals surface area contributed by atoms with Gasteiger partial charge in [0.1, 0.15) is 0 Å². The number of aryl methyl sites for hydroxylation is 3. The molecule has 4 nitrogen and oxygen atoms in total. The summed E-state index contributed by atoms with van der Waals surface area (Å²) in [7, 11) is 0. The van der Waals surface area contributed by atoms with Crippen molar-refractivity contribution in [2.24, 2.45) is 11.8 Å². The highest BCUT2D eigenvalue weighted by Gasteiger charge is 2.48. The number of nitrogens with one attached hydrogen (secondary N) is 2. The van der Waals surface area contributed by atoms with E-state index in [9.17, 15) is 9.59 Å². The summed E-state index contributed by atoms with van der Waals surface area (Å²) in [6.45, 7) is 6.60. The van der Waals surface area contributed by atoms with Gasteiger partial charge in [-0.05, 0) is 43.4 Å². The van der Waals surface area contributed by atoms with Crippen LogP contribution in [0.2, 0.25) is 0 Å². The Kier molecular flexibility index (Phi) is 5.40. The third-order valence-corrected chi connectivity index (χ3v) is 5.04. The number of hydrogen-bond acceptors (Lipinski definition) is 2. The van der Waals surface area contributed by atoms with Gasteiger partial charge in [0.25, 0.3) is 0 Å². The van der Waals surface area contributed by atoms with Gasteiger partial charge in [-0.25, -0.2) is 0 Å². The van der Waals surface area contributed by atoms with Crippen LogP contribution in [0.25, 0.3) is 0 Å². The molecule has 1 saturated carbocycles. The van der Waals surface area contributed by atoms with E-state index in [1.165, 1.54) is 5.56 Å². The predicted octanol–water partition coefficient (Wildman–Crippen LogP) is 3.76. The molecule has 136 valence electrons. The number of benzene rings is 2. The van der Waals surface area contributed by atoms with Crippen molar-refractivity contribution in [3.8, 4) is 0 Å². The molecule has 2 aromatic rings. The summed E-state index contributed by atoms with van der Waals surface area (Å²) in [5, 5.41) is 5.98. The van der Waals surface area contributed by atoms with Gasteiger partial charge in [0, 0.05) is 12.2 Å². The first-order valence-corrected chi connectivity index (χ1v) is 9.22. The van der Waals surface area contributed by atoms with Gasteiger partial charge in [-0.3, -0.25) is 9.59 Å².